The van der Waals surface area contributed by atoms with Gasteiger partial charge in [-0.25, -0.2) is 9.78 Å². The molecule has 7 heteroatoms. The van der Waals surface area contributed by atoms with Gasteiger partial charge >= 0.3 is 5.97 Å². The zero-order chi connectivity index (χ0) is 16.1. The third-order valence-electron chi connectivity index (χ3n) is 3.31. The Morgan fingerprint density at radius 1 is 1.30 bits per heavy atom. The molecule has 2 heterocycles. The predicted molar refractivity (Wildman–Crippen MR) is 89.1 cm³/mol. The number of carbonyl (C=O) groups is 1. The summed E-state index contributed by atoms with van der Waals surface area (Å²) in [5, 5.41) is 0. The number of hydrogen-bond acceptors (Lipinski definition) is 6. The summed E-state index contributed by atoms with van der Waals surface area (Å²) >= 11 is 1.07. The fourth-order valence-corrected chi connectivity index (χ4v) is 2.86. The molecule has 0 saturated carbocycles. The lowest BCUT2D eigenvalue weighted by Gasteiger charge is -2.05. The summed E-state index contributed by atoms with van der Waals surface area (Å²) in [6.45, 7) is 1.08. The van der Waals surface area contributed by atoms with Crippen molar-refractivity contribution in [2.75, 3.05) is 12.3 Å². The Bertz CT molecular complexity index is 769. The maximum Gasteiger partial charge on any atom is 0.352 e. The molecule has 0 radical (unpaired) electrons. The van der Waals surface area contributed by atoms with Gasteiger partial charge in [0.2, 0.25) is 0 Å². The van der Waals surface area contributed by atoms with E-state index in [-0.39, 0.29) is 0 Å². The number of nitrogens with zero attached hydrogens (tertiary/aromatic N) is 3. The van der Waals surface area contributed by atoms with Crippen molar-refractivity contribution in [3.8, 4) is 11.3 Å². The molecule has 0 amide bonds. The van der Waals surface area contributed by atoms with Crippen molar-refractivity contribution in [1.82, 2.24) is 13.9 Å². The van der Waals surface area contributed by atoms with Gasteiger partial charge in [0.1, 0.15) is 5.69 Å². The molecule has 0 bridgehead atoms. The maximum atomic E-state index is 12.1. The largest absolute Gasteiger partial charge is 0.461 e. The third kappa shape index (κ3) is 3.57. The van der Waals surface area contributed by atoms with Crippen LogP contribution in [0.5, 0.6) is 0 Å². The molecule has 118 valence electrons. The normalized spacial score (nSPS) is 10.6. The number of hydrogen-bond donors (Lipinski definition) is 1. The zero-order valence-corrected chi connectivity index (χ0v) is 13.2. The molecule has 3 aromatic rings. The molecule has 0 aliphatic carbocycles. The van der Waals surface area contributed by atoms with Crippen LogP contribution in [-0.4, -0.2) is 26.5 Å². The highest BCUT2D eigenvalue weighted by Crippen LogP contribution is 2.31. The van der Waals surface area contributed by atoms with Gasteiger partial charge in [-0.05, 0) is 18.0 Å². The van der Waals surface area contributed by atoms with Crippen LogP contribution in [0.4, 0.5) is 5.69 Å². The Morgan fingerprint density at radius 2 is 2.13 bits per heavy atom. The number of benzene rings is 1. The minimum atomic E-state index is -0.423. The first-order valence-corrected chi connectivity index (χ1v) is 7.96. The van der Waals surface area contributed by atoms with Crippen molar-refractivity contribution >= 4 is 23.2 Å². The van der Waals surface area contributed by atoms with E-state index >= 15 is 0 Å². The van der Waals surface area contributed by atoms with E-state index in [0.29, 0.717) is 29.3 Å². The van der Waals surface area contributed by atoms with E-state index in [4.69, 9.17) is 10.5 Å². The molecule has 0 fully saturated rings. The second-order valence-electron chi connectivity index (χ2n) is 4.93. The summed E-state index contributed by atoms with van der Waals surface area (Å²) < 4.78 is 11.5. The van der Waals surface area contributed by atoms with Crippen LogP contribution < -0.4 is 5.73 Å². The number of aryl methyl sites for hydroxylation is 1. The highest BCUT2D eigenvalue weighted by molar-refractivity contribution is 7.09. The number of nitrogens with two attached hydrogens (primary N) is 1. The molecule has 2 N–H and O–H groups in total. The van der Waals surface area contributed by atoms with Crippen molar-refractivity contribution in [1.29, 1.82) is 0 Å². The smallest absolute Gasteiger partial charge is 0.352 e. The first-order chi connectivity index (χ1) is 11.3. The number of esters is 1. The van der Waals surface area contributed by atoms with Crippen molar-refractivity contribution in [3.05, 3.63) is 53.9 Å². The molecular weight excluding hydrogens is 312 g/mol. The van der Waals surface area contributed by atoms with Gasteiger partial charge in [-0.15, -0.1) is 0 Å². The zero-order valence-electron chi connectivity index (χ0n) is 12.4. The molecule has 6 nitrogen and oxygen atoms in total. The Labute approximate surface area is 137 Å². The molecule has 0 aliphatic rings. The van der Waals surface area contributed by atoms with Crippen LogP contribution >= 0.6 is 11.5 Å². The Balaban J connectivity index is 1.58. The summed E-state index contributed by atoms with van der Waals surface area (Å²) in [6, 6.07) is 9.54. The molecule has 2 aromatic heterocycles. The van der Waals surface area contributed by atoms with Gasteiger partial charge in [-0.1, -0.05) is 30.3 Å². The molecule has 0 unspecified atom stereocenters. The van der Waals surface area contributed by atoms with Gasteiger partial charge in [0.25, 0.3) is 0 Å². The summed E-state index contributed by atoms with van der Waals surface area (Å²) in [5.41, 5.74) is 7.94. The Morgan fingerprint density at radius 3 is 2.87 bits per heavy atom. The molecule has 0 atom stereocenters. The van der Waals surface area contributed by atoms with Crippen LogP contribution in [0.15, 0.2) is 49.1 Å². The summed E-state index contributed by atoms with van der Waals surface area (Å²) in [6.07, 6.45) is 6.03. The SMILES string of the molecule is Nc1c(-c2ccccc2)nsc1C(=O)OCCCn1ccnc1. The topological polar surface area (TPSA) is 83.0 Å². The fourth-order valence-electron chi connectivity index (χ4n) is 2.15. The van der Waals surface area contributed by atoms with Gasteiger partial charge in [-0.3, -0.25) is 0 Å². The first kappa shape index (κ1) is 15.2. The Kier molecular flexibility index (Phi) is 4.68. The average Bonchev–Trinajstić information content (AvgIpc) is 3.22. The minimum Gasteiger partial charge on any atom is -0.461 e. The van der Waals surface area contributed by atoms with E-state index in [0.717, 1.165) is 23.6 Å². The summed E-state index contributed by atoms with van der Waals surface area (Å²) in [7, 11) is 0. The molecular formula is C16H16N4O2S. The van der Waals surface area contributed by atoms with Gasteiger partial charge in [0.05, 0.1) is 18.6 Å². The van der Waals surface area contributed by atoms with E-state index in [1.54, 1.807) is 12.5 Å². The first-order valence-electron chi connectivity index (χ1n) is 7.19. The predicted octanol–water partition coefficient (Wildman–Crippen LogP) is 2.84. The Hall–Kier alpha value is -2.67. The van der Waals surface area contributed by atoms with Crippen LogP contribution in [-0.2, 0) is 11.3 Å². The number of imidazole rings is 1. The summed E-state index contributed by atoms with van der Waals surface area (Å²) in [4.78, 5) is 16.4. The quantitative estimate of drug-likeness (QED) is 0.556. The minimum absolute atomic E-state index is 0.328. The van der Waals surface area contributed by atoms with Gasteiger partial charge < -0.3 is 15.0 Å². The van der Waals surface area contributed by atoms with Crippen molar-refractivity contribution in [3.63, 3.8) is 0 Å². The monoisotopic (exact) mass is 328 g/mol. The second-order valence-corrected chi connectivity index (χ2v) is 5.70. The van der Waals surface area contributed by atoms with Crippen LogP contribution in [0.25, 0.3) is 11.3 Å². The van der Waals surface area contributed by atoms with Crippen molar-refractivity contribution < 1.29 is 9.53 Å². The van der Waals surface area contributed by atoms with Gasteiger partial charge in [0, 0.05) is 24.5 Å². The highest BCUT2D eigenvalue weighted by atomic mass is 32.1. The van der Waals surface area contributed by atoms with E-state index in [9.17, 15) is 4.79 Å². The number of rotatable bonds is 6. The molecule has 0 spiro atoms. The highest BCUT2D eigenvalue weighted by Gasteiger charge is 2.19. The van der Waals surface area contributed by atoms with Crippen LogP contribution in [0.3, 0.4) is 0 Å². The molecule has 0 aliphatic heterocycles. The summed E-state index contributed by atoms with van der Waals surface area (Å²) in [5.74, 6) is -0.423. The molecule has 0 saturated heterocycles. The van der Waals surface area contributed by atoms with E-state index in [1.807, 2.05) is 41.1 Å². The van der Waals surface area contributed by atoms with E-state index in [2.05, 4.69) is 9.36 Å². The number of nitrogen functional groups attached to an aromatic ring is 1. The third-order valence-corrected chi connectivity index (χ3v) is 4.16. The standard InChI is InChI=1S/C16H16N4O2S/c17-13-14(12-5-2-1-3-6-12)19-23-15(13)16(21)22-10-4-8-20-9-7-18-11-20/h1-3,5-7,9,11H,4,8,10,17H2. The lowest BCUT2D eigenvalue weighted by molar-refractivity contribution is 0.0503. The van der Waals surface area contributed by atoms with Crippen LogP contribution in [0, 0.1) is 0 Å². The van der Waals surface area contributed by atoms with Gasteiger partial charge in [0.15, 0.2) is 4.88 Å². The molecule has 3 rings (SSSR count). The molecule has 23 heavy (non-hydrogen) atoms. The number of anilines is 1. The number of aromatic nitrogens is 3. The second kappa shape index (κ2) is 7.06. The number of carbonyl (C=O) groups excluding carboxylic acids is 1. The average molecular weight is 328 g/mol. The molecule has 1 aromatic carbocycles. The maximum absolute atomic E-state index is 12.1. The van der Waals surface area contributed by atoms with Crippen LogP contribution in [0.1, 0.15) is 16.1 Å². The van der Waals surface area contributed by atoms with E-state index < -0.39 is 5.97 Å². The number of ether oxygens (including phenoxy) is 1. The lowest BCUT2D eigenvalue weighted by atomic mass is 10.1. The lowest BCUT2D eigenvalue weighted by Crippen LogP contribution is -2.08. The van der Waals surface area contributed by atoms with E-state index in [1.165, 1.54) is 0 Å². The van der Waals surface area contributed by atoms with Crippen molar-refractivity contribution in [2.24, 2.45) is 0 Å². The fraction of sp³-hybridized carbons (Fsp3) is 0.188. The van der Waals surface area contributed by atoms with Crippen LogP contribution in [0.2, 0.25) is 0 Å². The van der Waals surface area contributed by atoms with Crippen molar-refractivity contribution in [2.45, 2.75) is 13.0 Å². The van der Waals surface area contributed by atoms with Gasteiger partial charge in [-0.2, -0.15) is 4.37 Å².